The Morgan fingerprint density at radius 2 is 1.43 bits per heavy atom. The van der Waals surface area contributed by atoms with E-state index in [0.29, 0.717) is 5.69 Å². The van der Waals surface area contributed by atoms with E-state index in [2.05, 4.69) is 62.5 Å². The molecular formula is C31H28N4. The van der Waals surface area contributed by atoms with E-state index in [4.69, 9.17) is 15.7 Å². The second-order valence-electron chi connectivity index (χ2n) is 8.87. The molecule has 1 aliphatic carbocycles. The van der Waals surface area contributed by atoms with Gasteiger partial charge >= 0.3 is 0 Å². The maximum absolute atomic E-state index is 6.15. The second-order valence-corrected chi connectivity index (χ2v) is 8.87. The largest absolute Gasteiger partial charge is 0.399 e. The van der Waals surface area contributed by atoms with Gasteiger partial charge in [0.1, 0.15) is 0 Å². The summed E-state index contributed by atoms with van der Waals surface area (Å²) in [4.78, 5) is 10.0. The molecule has 0 spiro atoms. The van der Waals surface area contributed by atoms with E-state index < -0.39 is 0 Å². The number of fused-ring (bicyclic) bond motifs is 1. The Morgan fingerprint density at radius 3 is 2.20 bits per heavy atom. The van der Waals surface area contributed by atoms with E-state index in [1.165, 1.54) is 11.1 Å². The fraction of sp³-hybridized carbons (Fsp3) is 0.0968. The van der Waals surface area contributed by atoms with Crippen molar-refractivity contribution < 1.29 is 0 Å². The quantitative estimate of drug-likeness (QED) is 0.307. The minimum atomic E-state index is 0.689. The minimum absolute atomic E-state index is 0.689. The average molecular weight is 457 g/mol. The first-order valence-corrected chi connectivity index (χ1v) is 11.7. The van der Waals surface area contributed by atoms with Crippen molar-refractivity contribution in [3.63, 3.8) is 0 Å². The van der Waals surface area contributed by atoms with Crippen LogP contribution in [0.2, 0.25) is 0 Å². The first-order valence-electron chi connectivity index (χ1n) is 11.7. The Bertz CT molecular complexity index is 1490. The van der Waals surface area contributed by atoms with Crippen molar-refractivity contribution in [2.75, 3.05) is 11.1 Å². The summed E-state index contributed by atoms with van der Waals surface area (Å²) in [5, 5.41) is 3.52. The van der Waals surface area contributed by atoms with E-state index in [-0.39, 0.29) is 0 Å². The van der Waals surface area contributed by atoms with Crippen LogP contribution in [0.4, 0.5) is 28.4 Å². The second kappa shape index (κ2) is 9.43. The van der Waals surface area contributed by atoms with E-state index in [0.717, 1.165) is 50.9 Å². The molecule has 4 aromatic carbocycles. The number of rotatable bonds is 4. The topological polar surface area (TPSA) is 62.8 Å². The lowest BCUT2D eigenvalue weighted by Gasteiger charge is -2.20. The molecule has 172 valence electrons. The van der Waals surface area contributed by atoms with Crippen molar-refractivity contribution in [2.24, 2.45) is 9.98 Å². The van der Waals surface area contributed by atoms with E-state index in [1.807, 2.05) is 60.7 Å². The number of hydrogen-bond acceptors (Lipinski definition) is 4. The molecule has 4 heteroatoms. The number of para-hydroxylation sites is 1. The molecule has 0 atom stereocenters. The van der Waals surface area contributed by atoms with Crippen molar-refractivity contribution in [1.29, 1.82) is 0 Å². The molecule has 0 radical (unpaired) electrons. The van der Waals surface area contributed by atoms with Crippen LogP contribution < -0.4 is 11.1 Å². The van der Waals surface area contributed by atoms with E-state index in [9.17, 15) is 0 Å². The van der Waals surface area contributed by atoms with Crippen LogP contribution in [0.3, 0.4) is 0 Å². The maximum Gasteiger partial charge on any atom is 0.0873 e. The number of allylic oxidation sites excluding steroid dienone is 2. The highest BCUT2D eigenvalue weighted by atomic mass is 14.9. The number of aryl methyl sites for hydroxylation is 2. The van der Waals surface area contributed by atoms with Crippen molar-refractivity contribution in [2.45, 2.75) is 20.8 Å². The van der Waals surface area contributed by atoms with Crippen LogP contribution in [0.25, 0.3) is 0 Å². The summed E-state index contributed by atoms with van der Waals surface area (Å²) >= 11 is 0. The van der Waals surface area contributed by atoms with Crippen LogP contribution in [-0.2, 0) is 0 Å². The molecule has 0 unspecified atom stereocenters. The summed E-state index contributed by atoms with van der Waals surface area (Å²) in [6.45, 7) is 6.31. The zero-order chi connectivity index (χ0) is 24.4. The molecule has 0 saturated heterocycles. The highest BCUT2D eigenvalue weighted by Crippen LogP contribution is 2.34. The van der Waals surface area contributed by atoms with Crippen LogP contribution >= 0.6 is 0 Å². The van der Waals surface area contributed by atoms with Gasteiger partial charge in [-0.1, -0.05) is 48.5 Å². The number of aliphatic imine (C=N–C) groups is 2. The average Bonchev–Trinajstić information content (AvgIpc) is 2.86. The number of nitrogens with one attached hydrogen (secondary N) is 1. The fourth-order valence-corrected chi connectivity index (χ4v) is 4.21. The Morgan fingerprint density at radius 1 is 0.686 bits per heavy atom. The summed E-state index contributed by atoms with van der Waals surface area (Å²) in [7, 11) is 0. The van der Waals surface area contributed by atoms with Gasteiger partial charge in [0, 0.05) is 22.5 Å². The molecule has 5 rings (SSSR count). The number of benzene rings is 4. The molecule has 0 aromatic heterocycles. The molecule has 35 heavy (non-hydrogen) atoms. The van der Waals surface area contributed by atoms with Crippen molar-refractivity contribution >= 4 is 39.9 Å². The van der Waals surface area contributed by atoms with Gasteiger partial charge < -0.3 is 11.1 Å². The molecule has 4 nitrogen and oxygen atoms in total. The fourth-order valence-electron chi connectivity index (χ4n) is 4.21. The highest BCUT2D eigenvalue weighted by Gasteiger charge is 2.20. The molecule has 0 bridgehead atoms. The van der Waals surface area contributed by atoms with Crippen LogP contribution in [-0.4, -0.2) is 11.4 Å². The van der Waals surface area contributed by atoms with Gasteiger partial charge in [0.25, 0.3) is 0 Å². The van der Waals surface area contributed by atoms with Crippen LogP contribution in [0.5, 0.6) is 0 Å². The molecule has 0 fully saturated rings. The van der Waals surface area contributed by atoms with Gasteiger partial charge in [-0.3, -0.25) is 0 Å². The van der Waals surface area contributed by atoms with Gasteiger partial charge in [0.15, 0.2) is 0 Å². The van der Waals surface area contributed by atoms with E-state index >= 15 is 0 Å². The lowest BCUT2D eigenvalue weighted by molar-refractivity contribution is 1.33. The third-order valence-corrected chi connectivity index (χ3v) is 6.23. The van der Waals surface area contributed by atoms with Crippen LogP contribution in [0, 0.1) is 13.8 Å². The Labute approximate surface area is 206 Å². The molecule has 3 N–H and O–H groups in total. The van der Waals surface area contributed by atoms with Crippen molar-refractivity contribution in [1.82, 2.24) is 0 Å². The first kappa shape index (κ1) is 22.4. The minimum Gasteiger partial charge on any atom is -0.399 e. The normalized spacial score (nSPS) is 15.1. The molecular weight excluding hydrogens is 428 g/mol. The summed E-state index contributed by atoms with van der Waals surface area (Å²) in [6, 6.07) is 30.5. The number of hydrogen-bond donors (Lipinski definition) is 2. The predicted molar refractivity (Wildman–Crippen MR) is 149 cm³/mol. The number of nitrogens with zero attached hydrogens (tertiary/aromatic N) is 2. The van der Waals surface area contributed by atoms with Crippen LogP contribution in [0.1, 0.15) is 29.2 Å². The van der Waals surface area contributed by atoms with Crippen molar-refractivity contribution in [3.05, 3.63) is 125 Å². The third kappa shape index (κ3) is 4.78. The Balaban J connectivity index is 1.59. The van der Waals surface area contributed by atoms with Gasteiger partial charge in [-0.05, 0) is 86.0 Å². The first-order chi connectivity index (χ1) is 17.0. The summed E-state index contributed by atoms with van der Waals surface area (Å²) in [6.07, 6.45) is 2.11. The van der Waals surface area contributed by atoms with Gasteiger partial charge in [-0.2, -0.15) is 0 Å². The van der Waals surface area contributed by atoms with Gasteiger partial charge in [0.2, 0.25) is 0 Å². The maximum atomic E-state index is 6.15. The Kier molecular flexibility index (Phi) is 6.02. The van der Waals surface area contributed by atoms with Gasteiger partial charge in [-0.15, -0.1) is 0 Å². The van der Waals surface area contributed by atoms with Crippen LogP contribution in [0.15, 0.2) is 113 Å². The highest BCUT2D eigenvalue weighted by molar-refractivity contribution is 6.28. The zero-order valence-corrected chi connectivity index (χ0v) is 20.2. The molecule has 4 aromatic rings. The molecule has 0 saturated carbocycles. The molecule has 0 aliphatic heterocycles. The molecule has 0 heterocycles. The van der Waals surface area contributed by atoms with Gasteiger partial charge in [0.05, 0.1) is 28.5 Å². The third-order valence-electron chi connectivity index (χ3n) is 6.23. The smallest absolute Gasteiger partial charge is 0.0873 e. The predicted octanol–water partition coefficient (Wildman–Crippen LogP) is 7.83. The molecule has 1 aliphatic rings. The van der Waals surface area contributed by atoms with E-state index in [1.54, 1.807) is 0 Å². The SMILES string of the molecule is CC1=CC(=Nc2ccccc2)c2ccccc2C1=Nc1ccc(N)cc1Nc1ccc(C)c(C)c1. The molecule has 0 amide bonds. The summed E-state index contributed by atoms with van der Waals surface area (Å²) < 4.78 is 0. The standard InChI is InChI=1S/C31H28N4/c1-20-13-15-25(17-21(20)2)34-30-19-23(32)14-16-28(30)35-31-22(3)18-29(26-11-7-8-12-27(26)31)33-24-9-5-4-6-10-24/h4-19,34H,32H2,1-3H3. The Hall–Kier alpha value is -4.44. The lowest BCUT2D eigenvalue weighted by Crippen LogP contribution is -2.16. The summed E-state index contributed by atoms with van der Waals surface area (Å²) in [5.41, 5.74) is 18.0. The van der Waals surface area contributed by atoms with Crippen molar-refractivity contribution in [3.8, 4) is 0 Å². The zero-order valence-electron chi connectivity index (χ0n) is 20.2. The lowest BCUT2D eigenvalue weighted by atomic mass is 9.89. The summed E-state index contributed by atoms with van der Waals surface area (Å²) in [5.74, 6) is 0. The number of anilines is 3. The number of nitrogens with two attached hydrogens (primary N) is 1. The number of nitrogen functional groups attached to an aromatic ring is 1. The van der Waals surface area contributed by atoms with Gasteiger partial charge in [-0.25, -0.2) is 9.98 Å². The monoisotopic (exact) mass is 456 g/mol.